The number of aromatic nitrogens is 2. The molecule has 0 spiro atoms. The van der Waals surface area contributed by atoms with Gasteiger partial charge in [-0.2, -0.15) is 0 Å². The fourth-order valence-electron chi connectivity index (χ4n) is 2.09. The van der Waals surface area contributed by atoms with Gasteiger partial charge in [-0.05, 0) is 18.8 Å². The normalized spacial score (nSPS) is 17.8. The van der Waals surface area contributed by atoms with Crippen molar-refractivity contribution in [2.75, 3.05) is 5.75 Å². The van der Waals surface area contributed by atoms with Gasteiger partial charge < -0.3 is 0 Å². The highest BCUT2D eigenvalue weighted by Crippen LogP contribution is 2.36. The molecule has 0 bridgehead atoms. The van der Waals surface area contributed by atoms with Crippen LogP contribution in [-0.2, 0) is 20.5 Å². The number of fused-ring (bicyclic) bond motifs is 1. The van der Waals surface area contributed by atoms with Crippen molar-refractivity contribution in [1.29, 1.82) is 0 Å². The van der Waals surface area contributed by atoms with E-state index in [-0.39, 0.29) is 5.69 Å². The van der Waals surface area contributed by atoms with E-state index in [1.165, 1.54) is 17.4 Å². The average Bonchev–Trinajstić information content (AvgIpc) is 3.10. The number of hydrogen-bond donors (Lipinski definition) is 0. The molecule has 4 nitrogen and oxygen atoms in total. The molecule has 0 amide bonds. The molecule has 1 aliphatic heterocycles. The van der Waals surface area contributed by atoms with Crippen LogP contribution in [0.25, 0.3) is 0 Å². The molecule has 0 aromatic carbocycles. The van der Waals surface area contributed by atoms with Crippen molar-refractivity contribution in [1.82, 2.24) is 9.13 Å². The third-order valence-corrected chi connectivity index (χ3v) is 5.19. The summed E-state index contributed by atoms with van der Waals surface area (Å²) in [6.07, 6.45) is 3.49. The molecule has 0 unspecified atom stereocenters. The fourth-order valence-corrected chi connectivity index (χ4v) is 3.49. The second-order valence-electron chi connectivity index (χ2n) is 4.94. The van der Waals surface area contributed by atoms with Gasteiger partial charge in [-0.3, -0.25) is 9.13 Å². The predicted molar refractivity (Wildman–Crippen MR) is 77.5 cm³/mol. The maximum atomic E-state index is 11.9. The summed E-state index contributed by atoms with van der Waals surface area (Å²) in [5.74, 6) is 2.78. The Labute approximate surface area is 115 Å². The van der Waals surface area contributed by atoms with Crippen LogP contribution in [0.15, 0.2) is 9.79 Å². The smallest absolute Gasteiger partial charge is 0.287 e. The summed E-state index contributed by atoms with van der Waals surface area (Å²) in [7, 11) is 3.48. The Morgan fingerprint density at radius 2 is 2.11 bits per heavy atom. The summed E-state index contributed by atoms with van der Waals surface area (Å²) in [6.45, 7) is 0. The van der Waals surface area contributed by atoms with Gasteiger partial charge in [0.1, 0.15) is 10.5 Å². The molecule has 96 valence electrons. The van der Waals surface area contributed by atoms with Crippen molar-refractivity contribution in [3.63, 3.8) is 0 Å². The highest BCUT2D eigenvalue weighted by molar-refractivity contribution is 8.14. The summed E-state index contributed by atoms with van der Waals surface area (Å²) in [5.41, 5.74) is 0.920. The second kappa shape index (κ2) is 4.35. The molecule has 1 aliphatic carbocycles. The van der Waals surface area contributed by atoms with Crippen molar-refractivity contribution >= 4 is 34.8 Å². The zero-order valence-corrected chi connectivity index (χ0v) is 12.1. The van der Waals surface area contributed by atoms with E-state index in [9.17, 15) is 4.79 Å². The summed E-state index contributed by atoms with van der Waals surface area (Å²) >= 11 is 7.15. The largest absolute Gasteiger partial charge is 0.330 e. The van der Waals surface area contributed by atoms with Gasteiger partial charge in [0, 0.05) is 31.8 Å². The van der Waals surface area contributed by atoms with E-state index in [4.69, 9.17) is 12.2 Å². The first-order valence-corrected chi connectivity index (χ1v) is 7.46. The second-order valence-corrected chi connectivity index (χ2v) is 6.42. The Hall–Kier alpha value is -0.880. The molecule has 0 N–H and O–H groups in total. The number of nitrogens with zero attached hydrogens (tertiary/aromatic N) is 3. The monoisotopic (exact) mass is 281 g/mol. The fraction of sp³-hybridized carbons (Fsp3) is 0.583. The first-order chi connectivity index (χ1) is 8.58. The molecule has 1 aromatic rings. The van der Waals surface area contributed by atoms with Crippen LogP contribution in [0.5, 0.6) is 0 Å². The lowest BCUT2D eigenvalue weighted by atomic mass is 10.2. The van der Waals surface area contributed by atoms with Crippen LogP contribution in [0, 0.1) is 10.6 Å². The lowest BCUT2D eigenvalue weighted by Gasteiger charge is -2.07. The number of hydrogen-bond acceptors (Lipinski definition) is 4. The van der Waals surface area contributed by atoms with Crippen molar-refractivity contribution < 1.29 is 0 Å². The lowest BCUT2D eigenvalue weighted by Crippen LogP contribution is -2.28. The van der Waals surface area contributed by atoms with E-state index in [2.05, 4.69) is 4.99 Å². The minimum absolute atomic E-state index is 0.101. The van der Waals surface area contributed by atoms with Gasteiger partial charge in [-0.15, -0.1) is 11.8 Å². The Morgan fingerprint density at radius 3 is 2.78 bits per heavy atom. The molecule has 0 atom stereocenters. The summed E-state index contributed by atoms with van der Waals surface area (Å²) < 4.78 is 3.74. The van der Waals surface area contributed by atoms with Crippen LogP contribution in [-0.4, -0.2) is 19.9 Å². The van der Waals surface area contributed by atoms with Gasteiger partial charge in [-0.1, -0.05) is 12.2 Å². The van der Waals surface area contributed by atoms with Crippen LogP contribution in [0.4, 0.5) is 5.82 Å². The molecular weight excluding hydrogens is 266 g/mol. The van der Waals surface area contributed by atoms with E-state index in [0.29, 0.717) is 4.64 Å². The molecule has 2 aliphatic rings. The van der Waals surface area contributed by atoms with Crippen LogP contribution in [0.3, 0.4) is 0 Å². The number of aliphatic imine (C=N–C) groups is 1. The van der Waals surface area contributed by atoms with E-state index in [0.717, 1.165) is 34.5 Å². The van der Waals surface area contributed by atoms with Crippen LogP contribution < -0.4 is 5.69 Å². The Morgan fingerprint density at radius 1 is 1.39 bits per heavy atom. The Bertz CT molecular complexity index is 653. The van der Waals surface area contributed by atoms with Crippen molar-refractivity contribution in [2.24, 2.45) is 25.0 Å². The molecule has 1 aromatic heterocycles. The van der Waals surface area contributed by atoms with E-state index >= 15 is 0 Å². The number of rotatable bonds is 2. The van der Waals surface area contributed by atoms with Gasteiger partial charge in [0.15, 0.2) is 0 Å². The predicted octanol–water partition coefficient (Wildman–Crippen LogP) is 2.18. The SMILES string of the molecule is Cn1c2c(c(=S)n(C)c1=O)CC(SCC1CC1)=N2. The molecule has 3 rings (SSSR count). The molecule has 6 heteroatoms. The molecule has 2 heterocycles. The zero-order valence-electron chi connectivity index (χ0n) is 10.5. The van der Waals surface area contributed by atoms with Crippen LogP contribution in [0.2, 0.25) is 0 Å². The molecule has 1 fully saturated rings. The molecule has 1 saturated carbocycles. The first kappa shape index (κ1) is 12.2. The highest BCUT2D eigenvalue weighted by atomic mass is 32.2. The Balaban J connectivity index is 1.95. The highest BCUT2D eigenvalue weighted by Gasteiger charge is 2.25. The quantitative estimate of drug-likeness (QED) is 0.780. The third kappa shape index (κ3) is 1.97. The average molecular weight is 281 g/mol. The van der Waals surface area contributed by atoms with Crippen LogP contribution in [0.1, 0.15) is 18.4 Å². The van der Waals surface area contributed by atoms with E-state index in [1.807, 2.05) is 11.8 Å². The first-order valence-electron chi connectivity index (χ1n) is 6.07. The summed E-state index contributed by atoms with van der Waals surface area (Å²) in [5, 5.41) is 1.10. The van der Waals surface area contributed by atoms with E-state index in [1.54, 1.807) is 18.7 Å². The van der Waals surface area contributed by atoms with Gasteiger partial charge in [0.05, 0.1) is 5.04 Å². The van der Waals surface area contributed by atoms with Gasteiger partial charge in [0.25, 0.3) is 0 Å². The van der Waals surface area contributed by atoms with Gasteiger partial charge in [0.2, 0.25) is 0 Å². The van der Waals surface area contributed by atoms with Crippen molar-refractivity contribution in [3.8, 4) is 0 Å². The third-order valence-electron chi connectivity index (χ3n) is 3.47. The summed E-state index contributed by atoms with van der Waals surface area (Å²) in [6, 6.07) is 0. The summed E-state index contributed by atoms with van der Waals surface area (Å²) in [4.78, 5) is 16.5. The van der Waals surface area contributed by atoms with Crippen molar-refractivity contribution in [3.05, 3.63) is 20.7 Å². The minimum Gasteiger partial charge on any atom is -0.287 e. The standard InChI is InChI=1S/C12H15N3OS2/c1-14-10-8(11(17)15(2)12(14)16)5-9(13-10)18-6-7-3-4-7/h7H,3-6H2,1-2H3. The van der Waals surface area contributed by atoms with Crippen molar-refractivity contribution in [2.45, 2.75) is 19.3 Å². The zero-order chi connectivity index (χ0) is 12.9. The molecular formula is C12H15N3OS2. The van der Waals surface area contributed by atoms with E-state index < -0.39 is 0 Å². The Kier molecular flexibility index (Phi) is 2.94. The lowest BCUT2D eigenvalue weighted by molar-refractivity contribution is 0.696. The topological polar surface area (TPSA) is 39.3 Å². The van der Waals surface area contributed by atoms with Gasteiger partial charge in [-0.25, -0.2) is 9.79 Å². The maximum absolute atomic E-state index is 11.9. The number of thioether (sulfide) groups is 1. The molecule has 0 radical (unpaired) electrons. The molecule has 0 saturated heterocycles. The maximum Gasteiger partial charge on any atom is 0.330 e. The van der Waals surface area contributed by atoms with Crippen LogP contribution >= 0.6 is 24.0 Å². The van der Waals surface area contributed by atoms with Gasteiger partial charge >= 0.3 is 5.69 Å². The molecule has 18 heavy (non-hydrogen) atoms. The minimum atomic E-state index is -0.101.